The van der Waals surface area contributed by atoms with Gasteiger partial charge in [0.25, 0.3) is 0 Å². The highest BCUT2D eigenvalue weighted by atomic mass is 32.2. The van der Waals surface area contributed by atoms with E-state index in [4.69, 9.17) is 4.74 Å². The predicted molar refractivity (Wildman–Crippen MR) is 76.4 cm³/mol. The molecule has 1 aromatic heterocycles. The molecular formula is C12H19N5O3S. The van der Waals surface area contributed by atoms with Crippen LogP contribution in [0, 0.1) is 6.92 Å². The maximum Gasteiger partial charge on any atom is 0.248 e. The van der Waals surface area contributed by atoms with E-state index in [0.717, 1.165) is 25.3 Å². The minimum Gasteiger partial charge on any atom is -0.376 e. The van der Waals surface area contributed by atoms with Crippen LogP contribution in [0.5, 0.6) is 0 Å². The SMILES string of the molecule is CC(=O)NNC(=O)CSc1nnc(C)n1CC1CCCO1. The van der Waals surface area contributed by atoms with Gasteiger partial charge in [-0.2, -0.15) is 0 Å². The van der Waals surface area contributed by atoms with Gasteiger partial charge in [-0.1, -0.05) is 11.8 Å². The minimum atomic E-state index is -0.314. The van der Waals surface area contributed by atoms with E-state index in [1.165, 1.54) is 18.7 Å². The molecule has 1 saturated heterocycles. The standard InChI is InChI=1S/C12H19N5O3S/c1-8-13-16-12(17(8)6-10-4-3-5-20-10)21-7-11(19)15-14-9(2)18/h10H,3-7H2,1-2H3,(H,14,18)(H,15,19). The van der Waals surface area contributed by atoms with Crippen molar-refractivity contribution in [2.24, 2.45) is 0 Å². The Labute approximate surface area is 127 Å². The number of carbonyl (C=O) groups excluding carboxylic acids is 2. The second-order valence-electron chi connectivity index (χ2n) is 4.79. The average Bonchev–Trinajstić information content (AvgIpc) is 3.06. The van der Waals surface area contributed by atoms with E-state index < -0.39 is 0 Å². The van der Waals surface area contributed by atoms with Gasteiger partial charge in [-0.15, -0.1) is 10.2 Å². The molecule has 9 heteroatoms. The van der Waals surface area contributed by atoms with Crippen LogP contribution in [0.15, 0.2) is 5.16 Å². The van der Waals surface area contributed by atoms with Crippen molar-refractivity contribution >= 4 is 23.6 Å². The summed E-state index contributed by atoms with van der Waals surface area (Å²) in [6.45, 7) is 4.71. The molecule has 1 atom stereocenters. The summed E-state index contributed by atoms with van der Waals surface area (Å²) in [6, 6.07) is 0. The molecule has 1 aliphatic rings. The zero-order valence-electron chi connectivity index (χ0n) is 12.1. The van der Waals surface area contributed by atoms with Crippen molar-refractivity contribution in [3.63, 3.8) is 0 Å². The quantitative estimate of drug-likeness (QED) is 0.588. The van der Waals surface area contributed by atoms with Crippen LogP contribution in [0.1, 0.15) is 25.6 Å². The Morgan fingerprint density at radius 2 is 2.24 bits per heavy atom. The van der Waals surface area contributed by atoms with Crippen molar-refractivity contribution in [2.45, 2.75) is 44.5 Å². The molecule has 2 heterocycles. The van der Waals surface area contributed by atoms with Gasteiger partial charge in [-0.05, 0) is 19.8 Å². The Hall–Kier alpha value is -1.61. The van der Waals surface area contributed by atoms with Crippen LogP contribution in [0.4, 0.5) is 0 Å². The number of aryl methyl sites for hydroxylation is 1. The van der Waals surface area contributed by atoms with Gasteiger partial charge < -0.3 is 9.30 Å². The number of rotatable bonds is 5. The molecule has 0 spiro atoms. The number of hydrazine groups is 1. The molecule has 8 nitrogen and oxygen atoms in total. The molecule has 0 saturated carbocycles. The highest BCUT2D eigenvalue weighted by Crippen LogP contribution is 2.20. The van der Waals surface area contributed by atoms with Crippen LogP contribution in [0.25, 0.3) is 0 Å². The van der Waals surface area contributed by atoms with Crippen molar-refractivity contribution in [3.8, 4) is 0 Å². The highest BCUT2D eigenvalue weighted by Gasteiger charge is 2.20. The third kappa shape index (κ3) is 4.71. The highest BCUT2D eigenvalue weighted by molar-refractivity contribution is 7.99. The van der Waals surface area contributed by atoms with Crippen molar-refractivity contribution in [3.05, 3.63) is 5.82 Å². The fraction of sp³-hybridized carbons (Fsp3) is 0.667. The van der Waals surface area contributed by atoms with Crippen molar-refractivity contribution in [1.82, 2.24) is 25.6 Å². The topological polar surface area (TPSA) is 98.1 Å². The lowest BCUT2D eigenvalue weighted by Crippen LogP contribution is -2.41. The first-order chi connectivity index (χ1) is 10.1. The molecule has 21 heavy (non-hydrogen) atoms. The normalized spacial score (nSPS) is 17.7. The second kappa shape index (κ2) is 7.41. The number of ether oxygens (including phenoxy) is 1. The lowest BCUT2D eigenvalue weighted by Gasteiger charge is -2.13. The summed E-state index contributed by atoms with van der Waals surface area (Å²) in [5, 5.41) is 8.81. The largest absolute Gasteiger partial charge is 0.376 e. The molecular weight excluding hydrogens is 294 g/mol. The first-order valence-corrected chi connectivity index (χ1v) is 7.74. The first-order valence-electron chi connectivity index (χ1n) is 6.76. The molecule has 0 aliphatic carbocycles. The Kier molecular flexibility index (Phi) is 5.57. The summed E-state index contributed by atoms with van der Waals surface area (Å²) in [6.07, 6.45) is 2.30. The third-order valence-corrected chi connectivity index (χ3v) is 3.99. The van der Waals surface area contributed by atoms with Gasteiger partial charge in [0.2, 0.25) is 11.8 Å². The minimum absolute atomic E-state index is 0.157. The fourth-order valence-corrected chi connectivity index (χ4v) is 2.79. The van der Waals surface area contributed by atoms with Crippen LogP contribution >= 0.6 is 11.8 Å². The lowest BCUT2D eigenvalue weighted by molar-refractivity contribution is -0.126. The molecule has 1 fully saturated rings. The smallest absolute Gasteiger partial charge is 0.248 e. The number of nitrogens with one attached hydrogen (secondary N) is 2. The third-order valence-electron chi connectivity index (χ3n) is 3.02. The monoisotopic (exact) mass is 313 g/mol. The van der Waals surface area contributed by atoms with Gasteiger partial charge in [-0.25, -0.2) is 0 Å². The average molecular weight is 313 g/mol. The summed E-state index contributed by atoms with van der Waals surface area (Å²) >= 11 is 1.28. The maximum absolute atomic E-state index is 11.6. The Bertz CT molecular complexity index is 513. The Morgan fingerprint density at radius 1 is 1.43 bits per heavy atom. The number of carbonyl (C=O) groups is 2. The maximum atomic E-state index is 11.6. The molecule has 2 N–H and O–H groups in total. The van der Waals surface area contributed by atoms with Gasteiger partial charge in [-0.3, -0.25) is 20.4 Å². The second-order valence-corrected chi connectivity index (χ2v) is 5.74. The van der Waals surface area contributed by atoms with Crippen LogP contribution in [-0.4, -0.2) is 45.0 Å². The van der Waals surface area contributed by atoms with Gasteiger partial charge in [0.1, 0.15) is 5.82 Å². The zero-order chi connectivity index (χ0) is 15.2. The van der Waals surface area contributed by atoms with Gasteiger partial charge in [0.15, 0.2) is 5.16 Å². The number of thioether (sulfide) groups is 1. The van der Waals surface area contributed by atoms with E-state index in [0.29, 0.717) is 11.7 Å². The summed E-state index contributed by atoms with van der Waals surface area (Å²) < 4.78 is 7.58. The number of hydrogen-bond acceptors (Lipinski definition) is 6. The summed E-state index contributed by atoms with van der Waals surface area (Å²) in [7, 11) is 0. The summed E-state index contributed by atoms with van der Waals surface area (Å²) in [5.41, 5.74) is 4.56. The van der Waals surface area contributed by atoms with Crippen LogP contribution < -0.4 is 10.9 Å². The van der Waals surface area contributed by atoms with E-state index in [2.05, 4.69) is 21.0 Å². The summed E-state index contributed by atoms with van der Waals surface area (Å²) in [5.74, 6) is 0.352. The summed E-state index contributed by atoms with van der Waals surface area (Å²) in [4.78, 5) is 22.3. The van der Waals surface area contributed by atoms with Crippen molar-refractivity contribution in [2.75, 3.05) is 12.4 Å². The van der Waals surface area contributed by atoms with E-state index in [-0.39, 0.29) is 23.7 Å². The molecule has 2 rings (SSSR count). The number of amides is 2. The molecule has 0 radical (unpaired) electrons. The van der Waals surface area contributed by atoms with Crippen molar-refractivity contribution < 1.29 is 14.3 Å². The van der Waals surface area contributed by atoms with Gasteiger partial charge in [0.05, 0.1) is 18.4 Å². The zero-order valence-corrected chi connectivity index (χ0v) is 12.9. The van der Waals surface area contributed by atoms with E-state index in [1.54, 1.807) is 0 Å². The van der Waals surface area contributed by atoms with E-state index >= 15 is 0 Å². The molecule has 2 amide bonds. The van der Waals surface area contributed by atoms with E-state index in [9.17, 15) is 9.59 Å². The van der Waals surface area contributed by atoms with Crippen molar-refractivity contribution in [1.29, 1.82) is 0 Å². The first kappa shape index (κ1) is 15.8. The molecule has 116 valence electrons. The van der Waals surface area contributed by atoms with Crippen LogP contribution in [-0.2, 0) is 20.9 Å². The molecule has 0 aromatic carbocycles. The fourth-order valence-electron chi connectivity index (χ4n) is 1.99. The Morgan fingerprint density at radius 3 is 2.90 bits per heavy atom. The number of hydrogen-bond donors (Lipinski definition) is 2. The molecule has 1 unspecified atom stereocenters. The van der Waals surface area contributed by atoms with Crippen LogP contribution in [0.3, 0.4) is 0 Å². The number of nitrogens with zero attached hydrogens (tertiary/aromatic N) is 3. The predicted octanol–water partition coefficient (Wildman–Crippen LogP) is 0.0249. The molecule has 1 aliphatic heterocycles. The van der Waals surface area contributed by atoms with Gasteiger partial charge in [0, 0.05) is 13.5 Å². The molecule has 1 aromatic rings. The lowest BCUT2D eigenvalue weighted by atomic mass is 10.2. The van der Waals surface area contributed by atoms with E-state index in [1.807, 2.05) is 11.5 Å². The number of aromatic nitrogens is 3. The molecule has 0 bridgehead atoms. The van der Waals surface area contributed by atoms with Gasteiger partial charge >= 0.3 is 0 Å². The Balaban J connectivity index is 1.87. The van der Waals surface area contributed by atoms with Crippen LogP contribution in [0.2, 0.25) is 0 Å².